The lowest BCUT2D eigenvalue weighted by Crippen LogP contribution is -2.11. The molecule has 0 aliphatic rings. The molecule has 0 bridgehead atoms. The average Bonchev–Trinajstić information content (AvgIpc) is 2.79. The van der Waals surface area contributed by atoms with Crippen LogP contribution in [0.15, 0.2) is 48.5 Å². The Kier molecular flexibility index (Phi) is 2.72. The molecule has 5 heteroatoms. The summed E-state index contributed by atoms with van der Waals surface area (Å²) in [7, 11) is 0. The molecular weight excluding hydrogens is 242 g/mol. The van der Waals surface area contributed by atoms with E-state index in [2.05, 4.69) is 10.2 Å². The number of hydrogen-bond acceptors (Lipinski definition) is 3. The van der Waals surface area contributed by atoms with Crippen molar-refractivity contribution in [3.63, 3.8) is 0 Å². The molecule has 0 aliphatic heterocycles. The van der Waals surface area contributed by atoms with Crippen LogP contribution in [0.5, 0.6) is 0 Å². The highest BCUT2D eigenvalue weighted by Crippen LogP contribution is 2.22. The number of carboxylic acids is 1. The molecule has 3 rings (SSSR count). The number of nitrogens with zero attached hydrogens (tertiary/aromatic N) is 3. The van der Waals surface area contributed by atoms with E-state index in [-0.39, 0.29) is 6.54 Å². The summed E-state index contributed by atoms with van der Waals surface area (Å²) >= 11 is 0. The fourth-order valence-electron chi connectivity index (χ4n) is 1.96. The molecule has 0 spiro atoms. The van der Waals surface area contributed by atoms with Gasteiger partial charge in [-0.1, -0.05) is 36.4 Å². The maximum Gasteiger partial charge on any atom is 0.327 e. The monoisotopic (exact) mass is 253 g/mol. The normalized spacial score (nSPS) is 10.7. The van der Waals surface area contributed by atoms with Crippen molar-refractivity contribution in [1.82, 2.24) is 15.0 Å². The van der Waals surface area contributed by atoms with Gasteiger partial charge in [-0.15, -0.1) is 0 Å². The zero-order chi connectivity index (χ0) is 13.2. The van der Waals surface area contributed by atoms with Crippen LogP contribution in [0.1, 0.15) is 0 Å². The van der Waals surface area contributed by atoms with E-state index in [1.807, 2.05) is 48.5 Å². The molecule has 3 aromatic rings. The van der Waals surface area contributed by atoms with Crippen LogP contribution in [0, 0.1) is 0 Å². The first-order valence-electron chi connectivity index (χ1n) is 5.84. The van der Waals surface area contributed by atoms with Crippen LogP contribution in [0.2, 0.25) is 0 Å². The van der Waals surface area contributed by atoms with Crippen LogP contribution >= 0.6 is 0 Å². The van der Waals surface area contributed by atoms with E-state index in [9.17, 15) is 4.79 Å². The van der Waals surface area contributed by atoms with Gasteiger partial charge in [0, 0.05) is 0 Å². The number of carbonyl (C=O) groups is 1. The van der Waals surface area contributed by atoms with Gasteiger partial charge in [-0.25, -0.2) is 0 Å². The van der Waals surface area contributed by atoms with Crippen molar-refractivity contribution in [2.75, 3.05) is 0 Å². The first-order chi connectivity index (χ1) is 9.22. The molecule has 0 saturated heterocycles. The Bertz CT molecular complexity index is 735. The summed E-state index contributed by atoms with van der Waals surface area (Å²) < 4.78 is 0. The Labute approximate surface area is 109 Å². The third-order valence-corrected chi connectivity index (χ3v) is 2.81. The highest BCUT2D eigenvalue weighted by atomic mass is 16.4. The third-order valence-electron chi connectivity index (χ3n) is 2.81. The molecule has 19 heavy (non-hydrogen) atoms. The standard InChI is InChI=1S/C14H11N3O2/c18-14(19)9-17-15-12-7-6-11(8-13(12)16-17)10-4-2-1-3-5-10/h1-8H,9H2,(H,18,19). The number of aliphatic carboxylic acids is 1. The average molecular weight is 253 g/mol. The van der Waals surface area contributed by atoms with E-state index >= 15 is 0 Å². The van der Waals surface area contributed by atoms with Crippen LogP contribution in [0.3, 0.4) is 0 Å². The van der Waals surface area contributed by atoms with Gasteiger partial charge in [0.05, 0.1) is 0 Å². The zero-order valence-electron chi connectivity index (χ0n) is 10.0. The van der Waals surface area contributed by atoms with Crippen molar-refractivity contribution >= 4 is 17.0 Å². The predicted molar refractivity (Wildman–Crippen MR) is 70.6 cm³/mol. The Morgan fingerprint density at radius 1 is 1.00 bits per heavy atom. The third kappa shape index (κ3) is 2.30. The van der Waals surface area contributed by atoms with Gasteiger partial charge in [-0.05, 0) is 23.3 Å². The molecule has 1 N–H and O–H groups in total. The highest BCUT2D eigenvalue weighted by Gasteiger charge is 2.07. The first kappa shape index (κ1) is 11.4. The van der Waals surface area contributed by atoms with Gasteiger partial charge in [0.25, 0.3) is 0 Å². The van der Waals surface area contributed by atoms with Crippen molar-refractivity contribution in [2.45, 2.75) is 6.54 Å². The molecule has 0 atom stereocenters. The minimum absolute atomic E-state index is 0.227. The maximum absolute atomic E-state index is 10.6. The van der Waals surface area contributed by atoms with Gasteiger partial charge >= 0.3 is 5.97 Å². The molecule has 0 radical (unpaired) electrons. The summed E-state index contributed by atoms with van der Waals surface area (Å²) in [6.45, 7) is -0.227. The molecule has 0 saturated carbocycles. The van der Waals surface area contributed by atoms with Crippen LogP contribution in [-0.4, -0.2) is 26.1 Å². The van der Waals surface area contributed by atoms with Crippen LogP contribution in [0.25, 0.3) is 22.2 Å². The van der Waals surface area contributed by atoms with Gasteiger partial charge in [0.15, 0.2) is 6.54 Å². The zero-order valence-corrected chi connectivity index (χ0v) is 10.0. The molecule has 5 nitrogen and oxygen atoms in total. The van der Waals surface area contributed by atoms with Gasteiger partial charge in [-0.2, -0.15) is 15.0 Å². The van der Waals surface area contributed by atoms with E-state index in [1.54, 1.807) is 0 Å². The van der Waals surface area contributed by atoms with E-state index in [0.29, 0.717) is 11.0 Å². The van der Waals surface area contributed by atoms with Crippen molar-refractivity contribution in [3.05, 3.63) is 48.5 Å². The van der Waals surface area contributed by atoms with Crippen LogP contribution in [0.4, 0.5) is 0 Å². The minimum Gasteiger partial charge on any atom is -0.480 e. The first-order valence-corrected chi connectivity index (χ1v) is 5.84. The number of carboxylic acid groups (broad SMARTS) is 1. The fraction of sp³-hybridized carbons (Fsp3) is 0.0714. The van der Waals surface area contributed by atoms with E-state index in [0.717, 1.165) is 11.1 Å². The lowest BCUT2D eigenvalue weighted by molar-refractivity contribution is -0.138. The topological polar surface area (TPSA) is 68.0 Å². The number of hydrogen-bond donors (Lipinski definition) is 1. The smallest absolute Gasteiger partial charge is 0.327 e. The number of benzene rings is 2. The molecule has 0 fully saturated rings. The summed E-state index contributed by atoms with van der Waals surface area (Å²) in [5.74, 6) is -0.955. The lowest BCUT2D eigenvalue weighted by Gasteiger charge is -1.99. The number of rotatable bonds is 3. The summed E-state index contributed by atoms with van der Waals surface area (Å²) in [5.41, 5.74) is 3.52. The van der Waals surface area contributed by atoms with Gasteiger partial charge in [0.1, 0.15) is 11.0 Å². The summed E-state index contributed by atoms with van der Waals surface area (Å²) in [6.07, 6.45) is 0. The SMILES string of the molecule is O=C(O)Cn1nc2ccc(-c3ccccc3)cc2n1. The molecule has 1 aromatic heterocycles. The number of aromatic nitrogens is 3. The second-order valence-electron chi connectivity index (χ2n) is 4.19. The molecule has 0 aliphatic carbocycles. The molecular formula is C14H11N3O2. The van der Waals surface area contributed by atoms with E-state index in [4.69, 9.17) is 5.11 Å². The van der Waals surface area contributed by atoms with E-state index in [1.165, 1.54) is 4.80 Å². The summed E-state index contributed by atoms with van der Waals surface area (Å²) in [6, 6.07) is 15.7. The Morgan fingerprint density at radius 2 is 1.74 bits per heavy atom. The van der Waals surface area contributed by atoms with Crippen molar-refractivity contribution < 1.29 is 9.90 Å². The Hall–Kier alpha value is -2.69. The Balaban J connectivity index is 2.03. The van der Waals surface area contributed by atoms with Crippen molar-refractivity contribution in [1.29, 1.82) is 0 Å². The summed E-state index contributed by atoms with van der Waals surface area (Å²) in [4.78, 5) is 11.8. The van der Waals surface area contributed by atoms with Gasteiger partial charge < -0.3 is 5.11 Å². The second kappa shape index (κ2) is 4.53. The molecule has 1 heterocycles. The quantitative estimate of drug-likeness (QED) is 0.776. The molecule has 94 valence electrons. The van der Waals surface area contributed by atoms with Crippen LogP contribution in [-0.2, 0) is 11.3 Å². The second-order valence-corrected chi connectivity index (χ2v) is 4.19. The van der Waals surface area contributed by atoms with Gasteiger partial charge in [0.2, 0.25) is 0 Å². The van der Waals surface area contributed by atoms with Crippen molar-refractivity contribution in [2.24, 2.45) is 0 Å². The fourth-order valence-corrected chi connectivity index (χ4v) is 1.96. The maximum atomic E-state index is 10.6. The molecule has 0 amide bonds. The largest absolute Gasteiger partial charge is 0.480 e. The van der Waals surface area contributed by atoms with Crippen molar-refractivity contribution in [3.8, 4) is 11.1 Å². The Morgan fingerprint density at radius 3 is 2.47 bits per heavy atom. The van der Waals surface area contributed by atoms with Crippen LogP contribution < -0.4 is 0 Å². The molecule has 0 unspecified atom stereocenters. The summed E-state index contributed by atoms with van der Waals surface area (Å²) in [5, 5.41) is 17.0. The van der Waals surface area contributed by atoms with Gasteiger partial charge in [-0.3, -0.25) is 4.79 Å². The van der Waals surface area contributed by atoms with E-state index < -0.39 is 5.97 Å². The predicted octanol–water partition coefficient (Wildman–Crippen LogP) is 2.18. The minimum atomic E-state index is -0.955. The lowest BCUT2D eigenvalue weighted by atomic mass is 10.1. The molecule has 2 aromatic carbocycles. The highest BCUT2D eigenvalue weighted by molar-refractivity contribution is 5.81. The number of fused-ring (bicyclic) bond motifs is 1.